The lowest BCUT2D eigenvalue weighted by molar-refractivity contribution is -0.384. The maximum atomic E-state index is 14.1. The van der Waals surface area contributed by atoms with Gasteiger partial charge in [-0.2, -0.15) is 0 Å². The van der Waals surface area contributed by atoms with E-state index >= 15 is 0 Å². The number of thioether (sulfide) groups is 1. The topological polar surface area (TPSA) is 105 Å². The fourth-order valence-corrected chi connectivity index (χ4v) is 6.08. The predicted octanol–water partition coefficient (Wildman–Crippen LogP) is 5.76. The van der Waals surface area contributed by atoms with Crippen LogP contribution >= 0.6 is 11.8 Å². The summed E-state index contributed by atoms with van der Waals surface area (Å²) in [5, 5.41) is 25.5. The lowest BCUT2D eigenvalue weighted by Crippen LogP contribution is -2.44. The molecule has 1 N–H and O–H groups in total. The van der Waals surface area contributed by atoms with Gasteiger partial charge < -0.3 is 5.21 Å². The highest BCUT2D eigenvalue weighted by molar-refractivity contribution is 8.27. The standard InChI is InChI=1S/C25H19N3O4S/c29-22-20-9-5-4-6-16(20)14-15-25(22)21(17-10-12-19(13-11-17)28(31)32)23(27-30)33-24(25)26-18-7-2-1-3-8-18/h1-13,21,30H,14-15H2/b26-24?,27-23-/t21-,25-/m0/s1. The normalized spacial score (nSPS) is 24.4. The molecular formula is C25H19N3O4S. The molecule has 2 aliphatic rings. The molecule has 1 saturated heterocycles. The first-order chi connectivity index (χ1) is 16.0. The molecule has 0 amide bonds. The Morgan fingerprint density at radius 1 is 1.00 bits per heavy atom. The van der Waals surface area contributed by atoms with Crippen LogP contribution in [0.15, 0.2) is 89.0 Å². The number of hydrogen-bond donors (Lipinski definition) is 1. The van der Waals surface area contributed by atoms with Crippen molar-refractivity contribution in [3.63, 3.8) is 0 Å². The van der Waals surface area contributed by atoms with E-state index in [0.717, 1.165) is 5.56 Å². The SMILES string of the molecule is O=C1c2ccccc2CC[C@@]12C(=Nc1ccccc1)S/C(=N\O)[C@@H]2c1ccc([N+](=O)[O-])cc1. The molecule has 1 aliphatic carbocycles. The first-order valence-corrected chi connectivity index (χ1v) is 11.3. The number of hydrogen-bond acceptors (Lipinski definition) is 7. The number of nitrogens with zero attached hydrogens (tertiary/aromatic N) is 3. The number of ketones is 1. The highest BCUT2D eigenvalue weighted by Crippen LogP contribution is 2.57. The Morgan fingerprint density at radius 2 is 1.70 bits per heavy atom. The number of non-ortho nitro benzene ring substituents is 1. The van der Waals surface area contributed by atoms with Gasteiger partial charge in [0.15, 0.2) is 5.78 Å². The Bertz CT molecular complexity index is 1300. The van der Waals surface area contributed by atoms with E-state index in [2.05, 4.69) is 5.16 Å². The number of fused-ring (bicyclic) bond motifs is 1. The summed E-state index contributed by atoms with van der Waals surface area (Å²) in [6.45, 7) is 0. The lowest BCUT2D eigenvalue weighted by Gasteiger charge is -2.37. The number of rotatable bonds is 3. The van der Waals surface area contributed by atoms with Crippen molar-refractivity contribution in [1.82, 2.24) is 0 Å². The van der Waals surface area contributed by atoms with Gasteiger partial charge in [0, 0.05) is 17.7 Å². The van der Waals surface area contributed by atoms with E-state index in [-0.39, 0.29) is 11.5 Å². The Hall–Kier alpha value is -3.78. The van der Waals surface area contributed by atoms with Crippen LogP contribution in [0.1, 0.15) is 33.8 Å². The Labute approximate surface area is 194 Å². The van der Waals surface area contributed by atoms with Gasteiger partial charge in [-0.1, -0.05) is 71.5 Å². The first-order valence-electron chi connectivity index (χ1n) is 10.5. The number of aryl methyl sites for hydroxylation is 1. The van der Waals surface area contributed by atoms with Gasteiger partial charge >= 0.3 is 0 Å². The number of carbonyl (C=O) groups excluding carboxylic acids is 1. The monoisotopic (exact) mass is 457 g/mol. The number of benzene rings is 3. The highest BCUT2D eigenvalue weighted by Gasteiger charge is 2.59. The number of Topliss-reactive ketones (excluding diaryl/α,β-unsaturated/α-hetero) is 1. The molecular weight excluding hydrogens is 438 g/mol. The van der Waals surface area contributed by atoms with Crippen molar-refractivity contribution < 1.29 is 14.9 Å². The number of carbonyl (C=O) groups is 1. The summed E-state index contributed by atoms with van der Waals surface area (Å²) in [6.07, 6.45) is 1.15. The summed E-state index contributed by atoms with van der Waals surface area (Å²) in [5.41, 5.74) is 1.89. The Morgan fingerprint density at radius 3 is 2.39 bits per heavy atom. The molecule has 0 unspecified atom stereocenters. The second-order valence-corrected chi connectivity index (χ2v) is 9.04. The average Bonchev–Trinajstić information content (AvgIpc) is 3.16. The smallest absolute Gasteiger partial charge is 0.269 e. The molecule has 33 heavy (non-hydrogen) atoms. The number of oxime groups is 1. The molecule has 2 atom stereocenters. The fourth-order valence-electron chi connectivity index (χ4n) is 4.74. The molecule has 5 rings (SSSR count). The minimum absolute atomic E-state index is 0.0422. The number of aliphatic imine (C=N–C) groups is 1. The van der Waals surface area contributed by atoms with Crippen LogP contribution in [-0.2, 0) is 6.42 Å². The molecule has 7 nitrogen and oxygen atoms in total. The molecule has 164 valence electrons. The second-order valence-electron chi connectivity index (χ2n) is 8.03. The van der Waals surface area contributed by atoms with Gasteiger partial charge in [0.1, 0.15) is 5.04 Å². The summed E-state index contributed by atoms with van der Waals surface area (Å²) in [4.78, 5) is 29.7. The van der Waals surface area contributed by atoms with Crippen LogP contribution in [0.5, 0.6) is 0 Å². The van der Waals surface area contributed by atoms with Crippen molar-refractivity contribution >= 4 is 39.0 Å². The summed E-state index contributed by atoms with van der Waals surface area (Å²) in [5.74, 6) is -0.676. The zero-order chi connectivity index (χ0) is 23.0. The average molecular weight is 458 g/mol. The fraction of sp³-hybridized carbons (Fsp3) is 0.160. The van der Waals surface area contributed by atoms with Crippen molar-refractivity contribution in [2.75, 3.05) is 0 Å². The maximum Gasteiger partial charge on any atom is 0.269 e. The van der Waals surface area contributed by atoms with Crippen molar-refractivity contribution in [2.45, 2.75) is 18.8 Å². The van der Waals surface area contributed by atoms with Gasteiger partial charge in [-0.15, -0.1) is 0 Å². The van der Waals surface area contributed by atoms with Crippen LogP contribution in [0.2, 0.25) is 0 Å². The van der Waals surface area contributed by atoms with E-state index in [0.29, 0.717) is 39.7 Å². The molecule has 1 fully saturated rings. The van der Waals surface area contributed by atoms with Gasteiger partial charge in [-0.3, -0.25) is 14.9 Å². The van der Waals surface area contributed by atoms with Crippen LogP contribution in [0.4, 0.5) is 11.4 Å². The third-order valence-electron chi connectivity index (χ3n) is 6.30. The van der Waals surface area contributed by atoms with Gasteiger partial charge in [0.05, 0.1) is 27.0 Å². The van der Waals surface area contributed by atoms with Gasteiger partial charge in [-0.05, 0) is 36.1 Å². The number of nitro benzene ring substituents is 1. The van der Waals surface area contributed by atoms with Gasteiger partial charge in [-0.25, -0.2) is 4.99 Å². The van der Waals surface area contributed by atoms with Crippen LogP contribution < -0.4 is 0 Å². The first kappa shape index (κ1) is 21.1. The number of nitro groups is 1. The summed E-state index contributed by atoms with van der Waals surface area (Å²) < 4.78 is 0. The van der Waals surface area contributed by atoms with Gasteiger partial charge in [0.25, 0.3) is 5.69 Å². The minimum Gasteiger partial charge on any atom is -0.410 e. The second kappa shape index (κ2) is 8.29. The molecule has 1 aliphatic heterocycles. The summed E-state index contributed by atoms with van der Waals surface area (Å²) in [6, 6.07) is 23.0. The summed E-state index contributed by atoms with van der Waals surface area (Å²) >= 11 is 1.20. The van der Waals surface area contributed by atoms with E-state index in [1.54, 1.807) is 12.1 Å². The molecule has 1 heterocycles. The van der Waals surface area contributed by atoms with Crippen LogP contribution in [0, 0.1) is 15.5 Å². The van der Waals surface area contributed by atoms with E-state index in [4.69, 9.17) is 4.99 Å². The van der Waals surface area contributed by atoms with E-state index in [1.807, 2.05) is 54.6 Å². The lowest BCUT2D eigenvalue weighted by atomic mass is 9.62. The van der Waals surface area contributed by atoms with Crippen LogP contribution in [0.3, 0.4) is 0 Å². The van der Waals surface area contributed by atoms with Gasteiger partial charge in [0.2, 0.25) is 0 Å². The van der Waals surface area contributed by atoms with Crippen LogP contribution in [-0.4, -0.2) is 26.0 Å². The predicted molar refractivity (Wildman–Crippen MR) is 128 cm³/mol. The molecule has 0 bridgehead atoms. The highest BCUT2D eigenvalue weighted by atomic mass is 32.2. The van der Waals surface area contributed by atoms with Crippen molar-refractivity contribution in [3.05, 3.63) is 106 Å². The molecule has 1 spiro atoms. The molecule has 0 aromatic heterocycles. The quantitative estimate of drug-likeness (QED) is 0.306. The zero-order valence-corrected chi connectivity index (χ0v) is 18.2. The largest absolute Gasteiger partial charge is 0.410 e. The molecule has 3 aromatic rings. The third-order valence-corrected chi connectivity index (χ3v) is 7.48. The Balaban J connectivity index is 1.72. The summed E-state index contributed by atoms with van der Waals surface area (Å²) in [7, 11) is 0. The van der Waals surface area contributed by atoms with E-state index < -0.39 is 16.3 Å². The minimum atomic E-state index is -1.06. The van der Waals surface area contributed by atoms with E-state index in [9.17, 15) is 20.1 Å². The maximum absolute atomic E-state index is 14.1. The third kappa shape index (κ3) is 3.43. The van der Waals surface area contributed by atoms with E-state index in [1.165, 1.54) is 23.9 Å². The Kier molecular flexibility index (Phi) is 5.30. The van der Waals surface area contributed by atoms with Crippen LogP contribution in [0.25, 0.3) is 0 Å². The van der Waals surface area contributed by atoms with Crippen molar-refractivity contribution in [1.29, 1.82) is 0 Å². The number of para-hydroxylation sites is 1. The molecule has 0 radical (unpaired) electrons. The van der Waals surface area contributed by atoms with Crippen molar-refractivity contribution in [2.24, 2.45) is 15.6 Å². The van der Waals surface area contributed by atoms with Crippen molar-refractivity contribution in [3.8, 4) is 0 Å². The molecule has 8 heteroatoms. The zero-order valence-electron chi connectivity index (χ0n) is 17.4. The molecule has 0 saturated carbocycles. The molecule has 3 aromatic carbocycles.